The van der Waals surface area contributed by atoms with Gasteiger partial charge in [-0.25, -0.2) is 4.79 Å². The molecule has 0 unspecified atom stereocenters. The molecule has 0 fully saturated rings. The fraction of sp³-hybridized carbons (Fsp3) is 0.250. The van der Waals surface area contributed by atoms with Crippen molar-refractivity contribution in [2.24, 2.45) is 5.73 Å². The number of benzene rings is 2. The number of carbonyl (C=O) groups excluding carboxylic acids is 3. The summed E-state index contributed by atoms with van der Waals surface area (Å²) in [6.07, 6.45) is 0. The topological polar surface area (TPSA) is 114 Å². The monoisotopic (exact) mass is 384 g/mol. The Kier molecular flexibility index (Phi) is 7.53. The van der Waals surface area contributed by atoms with Gasteiger partial charge >= 0.3 is 6.03 Å². The van der Waals surface area contributed by atoms with E-state index in [-0.39, 0.29) is 12.5 Å². The second-order valence-electron chi connectivity index (χ2n) is 6.01. The Morgan fingerprint density at radius 2 is 1.71 bits per heavy atom. The van der Waals surface area contributed by atoms with Crippen LogP contribution < -0.4 is 21.1 Å². The molecular formula is C20H24N4O4. The Bertz CT molecular complexity index is 809. The van der Waals surface area contributed by atoms with E-state index in [1.807, 2.05) is 13.0 Å². The van der Waals surface area contributed by atoms with Crippen molar-refractivity contribution in [1.29, 1.82) is 0 Å². The van der Waals surface area contributed by atoms with E-state index in [4.69, 9.17) is 10.5 Å². The number of hydrogen-bond donors (Lipinski definition) is 3. The third kappa shape index (κ3) is 5.82. The van der Waals surface area contributed by atoms with Crippen LogP contribution in [0.3, 0.4) is 0 Å². The van der Waals surface area contributed by atoms with Crippen molar-refractivity contribution >= 4 is 23.5 Å². The van der Waals surface area contributed by atoms with E-state index in [1.165, 1.54) is 0 Å². The lowest BCUT2D eigenvalue weighted by Crippen LogP contribution is -2.46. The number of anilines is 1. The van der Waals surface area contributed by atoms with Crippen LogP contribution in [-0.4, -0.2) is 42.9 Å². The van der Waals surface area contributed by atoms with E-state index >= 15 is 0 Å². The molecule has 0 aliphatic rings. The highest BCUT2D eigenvalue weighted by Gasteiger charge is 2.29. The molecule has 0 aromatic heterocycles. The molecule has 0 saturated carbocycles. The Hall–Kier alpha value is -3.39. The largest absolute Gasteiger partial charge is 0.497 e. The Morgan fingerprint density at radius 1 is 1.07 bits per heavy atom. The summed E-state index contributed by atoms with van der Waals surface area (Å²) >= 11 is 0. The molecule has 0 heterocycles. The summed E-state index contributed by atoms with van der Waals surface area (Å²) in [4.78, 5) is 37.9. The molecule has 1 atom stereocenters. The van der Waals surface area contributed by atoms with Crippen molar-refractivity contribution in [2.45, 2.75) is 13.0 Å². The molecule has 4 N–H and O–H groups in total. The van der Waals surface area contributed by atoms with Gasteiger partial charge in [0.05, 0.1) is 13.7 Å². The van der Waals surface area contributed by atoms with Gasteiger partial charge in [-0.3, -0.25) is 19.8 Å². The van der Waals surface area contributed by atoms with Crippen LogP contribution in [0.5, 0.6) is 5.75 Å². The smallest absolute Gasteiger partial charge is 0.318 e. The number of amides is 4. The number of rotatable bonds is 8. The van der Waals surface area contributed by atoms with Gasteiger partial charge in [0.15, 0.2) is 0 Å². The first kappa shape index (κ1) is 20.9. The van der Waals surface area contributed by atoms with Crippen LogP contribution in [0.4, 0.5) is 10.5 Å². The molecule has 28 heavy (non-hydrogen) atoms. The molecule has 0 aliphatic carbocycles. The minimum Gasteiger partial charge on any atom is -0.497 e. The highest BCUT2D eigenvalue weighted by molar-refractivity contribution is 5.97. The van der Waals surface area contributed by atoms with E-state index in [0.717, 1.165) is 0 Å². The van der Waals surface area contributed by atoms with Gasteiger partial charge in [-0.2, -0.15) is 0 Å². The molecule has 0 radical (unpaired) electrons. The Balaban J connectivity index is 2.16. The number of nitrogens with zero attached hydrogens (tertiary/aromatic N) is 1. The SMILES string of the molecule is CCN(CC(=O)Nc1ccc(OC)cc1)[C@@H](C(=O)NC(N)=O)c1ccccc1. The van der Waals surface area contributed by atoms with Crippen molar-refractivity contribution in [2.75, 3.05) is 25.5 Å². The van der Waals surface area contributed by atoms with E-state index in [1.54, 1.807) is 60.5 Å². The minimum absolute atomic E-state index is 0.0473. The predicted octanol–water partition coefficient (Wildman–Crippen LogP) is 1.89. The van der Waals surface area contributed by atoms with Gasteiger partial charge in [0.25, 0.3) is 0 Å². The highest BCUT2D eigenvalue weighted by atomic mass is 16.5. The number of urea groups is 1. The fourth-order valence-corrected chi connectivity index (χ4v) is 2.80. The number of imide groups is 1. The Labute approximate surface area is 163 Å². The normalized spacial score (nSPS) is 11.5. The van der Waals surface area contributed by atoms with Gasteiger partial charge in [0.2, 0.25) is 11.8 Å². The van der Waals surface area contributed by atoms with Gasteiger partial charge in [-0.05, 0) is 36.4 Å². The van der Waals surface area contributed by atoms with Crippen LogP contribution in [0.1, 0.15) is 18.5 Å². The second kappa shape index (κ2) is 10.1. The average molecular weight is 384 g/mol. The summed E-state index contributed by atoms with van der Waals surface area (Å²) in [6, 6.07) is 14.0. The van der Waals surface area contributed by atoms with Gasteiger partial charge in [-0.15, -0.1) is 0 Å². The van der Waals surface area contributed by atoms with Gasteiger partial charge in [-0.1, -0.05) is 37.3 Å². The quantitative estimate of drug-likeness (QED) is 0.643. The molecule has 4 amide bonds. The maximum Gasteiger partial charge on any atom is 0.318 e. The van der Waals surface area contributed by atoms with E-state index < -0.39 is 18.0 Å². The van der Waals surface area contributed by atoms with E-state index in [2.05, 4.69) is 10.6 Å². The summed E-state index contributed by atoms with van der Waals surface area (Å²) in [5, 5.41) is 4.89. The van der Waals surface area contributed by atoms with Crippen LogP contribution in [0.15, 0.2) is 54.6 Å². The number of carbonyl (C=O) groups is 3. The number of ether oxygens (including phenoxy) is 1. The number of hydrogen-bond acceptors (Lipinski definition) is 5. The molecule has 2 aromatic carbocycles. The summed E-state index contributed by atoms with van der Waals surface area (Å²) in [5.41, 5.74) is 6.36. The van der Waals surface area contributed by atoms with Crippen LogP contribution in [0.25, 0.3) is 0 Å². The van der Waals surface area contributed by atoms with Gasteiger partial charge in [0.1, 0.15) is 11.8 Å². The standard InChI is InChI=1S/C20H24N4O4/c1-3-24(13-17(25)22-15-9-11-16(28-2)12-10-15)18(19(26)23-20(21)27)14-7-5-4-6-8-14/h4-12,18H,3,13H2,1-2H3,(H,22,25)(H3,21,23,26,27)/t18-/m1/s1. The second-order valence-corrected chi connectivity index (χ2v) is 6.01. The molecule has 2 aromatic rings. The number of nitrogens with two attached hydrogens (primary N) is 1. The van der Waals surface area contributed by atoms with Crippen molar-refractivity contribution in [3.63, 3.8) is 0 Å². The Morgan fingerprint density at radius 3 is 2.25 bits per heavy atom. The van der Waals surface area contributed by atoms with Crippen LogP contribution >= 0.6 is 0 Å². The molecule has 8 heteroatoms. The van der Waals surface area contributed by atoms with E-state index in [9.17, 15) is 14.4 Å². The molecule has 0 saturated heterocycles. The lowest BCUT2D eigenvalue weighted by Gasteiger charge is -2.29. The summed E-state index contributed by atoms with van der Waals surface area (Å²) in [7, 11) is 1.56. The van der Waals surface area contributed by atoms with Crippen molar-refractivity contribution in [1.82, 2.24) is 10.2 Å². The van der Waals surface area contributed by atoms with Gasteiger partial charge < -0.3 is 15.8 Å². The zero-order valence-electron chi connectivity index (χ0n) is 15.8. The van der Waals surface area contributed by atoms with Crippen LogP contribution in [0, 0.1) is 0 Å². The number of primary amides is 1. The molecular weight excluding hydrogens is 360 g/mol. The predicted molar refractivity (Wildman–Crippen MR) is 106 cm³/mol. The maximum atomic E-state index is 12.6. The number of likely N-dealkylation sites (N-methyl/N-ethyl adjacent to an activating group) is 1. The zero-order chi connectivity index (χ0) is 20.5. The fourth-order valence-electron chi connectivity index (χ4n) is 2.80. The molecule has 2 rings (SSSR count). The zero-order valence-corrected chi connectivity index (χ0v) is 15.8. The van der Waals surface area contributed by atoms with Crippen molar-refractivity contribution in [3.8, 4) is 5.75 Å². The molecule has 8 nitrogen and oxygen atoms in total. The number of nitrogens with one attached hydrogen (secondary N) is 2. The minimum atomic E-state index is -0.940. The lowest BCUT2D eigenvalue weighted by atomic mass is 10.0. The van der Waals surface area contributed by atoms with Crippen molar-refractivity contribution < 1.29 is 19.1 Å². The molecule has 0 aliphatic heterocycles. The van der Waals surface area contributed by atoms with Crippen LogP contribution in [0.2, 0.25) is 0 Å². The average Bonchev–Trinajstić information content (AvgIpc) is 2.68. The van der Waals surface area contributed by atoms with Gasteiger partial charge in [0, 0.05) is 5.69 Å². The van der Waals surface area contributed by atoms with Crippen LogP contribution in [-0.2, 0) is 9.59 Å². The van der Waals surface area contributed by atoms with E-state index in [0.29, 0.717) is 23.5 Å². The third-order valence-corrected chi connectivity index (χ3v) is 4.10. The summed E-state index contributed by atoms with van der Waals surface area (Å²) in [5.74, 6) is -0.196. The van der Waals surface area contributed by atoms with Crippen molar-refractivity contribution in [3.05, 3.63) is 60.2 Å². The summed E-state index contributed by atoms with van der Waals surface area (Å²) in [6.45, 7) is 2.18. The first-order chi connectivity index (χ1) is 13.4. The molecule has 0 bridgehead atoms. The summed E-state index contributed by atoms with van der Waals surface area (Å²) < 4.78 is 5.09. The first-order valence-corrected chi connectivity index (χ1v) is 8.77. The third-order valence-electron chi connectivity index (χ3n) is 4.10. The molecule has 0 spiro atoms. The highest BCUT2D eigenvalue weighted by Crippen LogP contribution is 2.21. The maximum absolute atomic E-state index is 12.6. The molecule has 148 valence electrons. The number of methoxy groups -OCH3 is 1. The first-order valence-electron chi connectivity index (χ1n) is 8.77. The lowest BCUT2D eigenvalue weighted by molar-refractivity contribution is -0.127.